The van der Waals surface area contributed by atoms with Crippen molar-refractivity contribution in [2.45, 2.75) is 130 Å². The summed E-state index contributed by atoms with van der Waals surface area (Å²) in [5.74, 6) is 8.38. The molecule has 56 heavy (non-hydrogen) atoms. The topological polar surface area (TPSA) is 138 Å². The fraction of sp³-hybridized carbons (Fsp3) is 0.634. The van der Waals surface area contributed by atoms with Crippen LogP contribution in [0.2, 0.25) is 43.8 Å². The van der Waals surface area contributed by atoms with Gasteiger partial charge >= 0.3 is 6.09 Å². The number of amides is 1. The summed E-state index contributed by atoms with van der Waals surface area (Å²) < 4.78 is 21.2. The number of pyridine rings is 1. The van der Waals surface area contributed by atoms with Gasteiger partial charge in [-0.05, 0) is 77.2 Å². The molecule has 3 aromatic heterocycles. The largest absolute Gasteiger partial charge is 0.444 e. The third kappa shape index (κ3) is 13.3. The average Bonchev–Trinajstić information content (AvgIpc) is 3.37. The Balaban J connectivity index is 1.51. The molecule has 4 rings (SSSR count). The second kappa shape index (κ2) is 18.5. The Morgan fingerprint density at radius 2 is 1.73 bits per heavy atom. The molecule has 13 nitrogen and oxygen atoms in total. The van der Waals surface area contributed by atoms with Crippen LogP contribution in [0.1, 0.15) is 73.3 Å². The van der Waals surface area contributed by atoms with E-state index in [1.54, 1.807) is 41.3 Å². The maximum atomic E-state index is 13.2. The molecule has 1 amide bonds. The van der Waals surface area contributed by atoms with Crippen LogP contribution in [-0.2, 0) is 27.7 Å². The van der Waals surface area contributed by atoms with Crippen molar-refractivity contribution >= 4 is 39.8 Å². The second-order valence-corrected chi connectivity index (χ2v) is 29.0. The van der Waals surface area contributed by atoms with Crippen LogP contribution in [0.5, 0.6) is 0 Å². The Kier molecular flexibility index (Phi) is 14.8. The van der Waals surface area contributed by atoms with Crippen LogP contribution < -0.4 is 16.2 Å². The number of carbonyl (C=O) groups excluding carboxylic acids is 1. The number of hydrogen-bond donors (Lipinski definition) is 2. The van der Waals surface area contributed by atoms with Gasteiger partial charge in [0.25, 0.3) is 5.56 Å². The van der Waals surface area contributed by atoms with Gasteiger partial charge in [0.05, 0.1) is 11.3 Å². The van der Waals surface area contributed by atoms with Gasteiger partial charge in [-0.1, -0.05) is 52.3 Å². The smallest absolute Gasteiger partial charge is 0.410 e. The molecular formula is C41H66N8O5Si2. The van der Waals surface area contributed by atoms with Gasteiger partial charge in [-0.2, -0.15) is 0 Å². The predicted molar refractivity (Wildman–Crippen MR) is 231 cm³/mol. The quantitative estimate of drug-likeness (QED) is 0.0930. The van der Waals surface area contributed by atoms with Crippen molar-refractivity contribution in [2.75, 3.05) is 36.9 Å². The number of carbonyl (C=O) groups is 1. The molecule has 0 saturated carbocycles. The minimum Gasteiger partial charge on any atom is -0.444 e. The number of anilines is 3. The zero-order chi connectivity index (χ0) is 41.5. The number of aromatic nitrogens is 5. The molecule has 308 valence electrons. The van der Waals surface area contributed by atoms with E-state index in [-0.39, 0.29) is 35.4 Å². The van der Waals surface area contributed by atoms with Crippen LogP contribution in [0.25, 0.3) is 11.4 Å². The number of nitrogens with one attached hydrogen (secondary N) is 2. The Labute approximate surface area is 336 Å². The molecule has 2 N–H and O–H groups in total. The third-order valence-corrected chi connectivity index (χ3v) is 16.5. The highest BCUT2D eigenvalue weighted by atomic mass is 28.4. The highest BCUT2D eigenvalue weighted by Gasteiger charge is 2.37. The number of rotatable bonds is 14. The lowest BCUT2D eigenvalue weighted by atomic mass is 9.97. The van der Waals surface area contributed by atoms with Crippen LogP contribution in [0.3, 0.4) is 0 Å². The second-order valence-electron chi connectivity index (χ2n) is 18.6. The van der Waals surface area contributed by atoms with E-state index in [9.17, 15) is 9.59 Å². The monoisotopic (exact) mass is 806 g/mol. The van der Waals surface area contributed by atoms with E-state index in [2.05, 4.69) is 87.9 Å². The molecule has 15 heteroatoms. The highest BCUT2D eigenvalue weighted by molar-refractivity contribution is 6.76. The average molecular weight is 807 g/mol. The zero-order valence-corrected chi connectivity index (χ0v) is 38.1. The van der Waals surface area contributed by atoms with Gasteiger partial charge in [-0.15, -0.1) is 0 Å². The fourth-order valence-corrected chi connectivity index (χ4v) is 7.40. The summed E-state index contributed by atoms with van der Waals surface area (Å²) in [5, 5.41) is 7.12. The first-order valence-corrected chi connectivity index (χ1v) is 26.5. The first kappa shape index (κ1) is 44.7. The summed E-state index contributed by atoms with van der Waals surface area (Å²) in [6, 6.07) is 4.83. The van der Waals surface area contributed by atoms with E-state index in [0.717, 1.165) is 36.6 Å². The minimum atomic E-state index is -1.87. The third-order valence-electron chi connectivity index (χ3n) is 10.2. The molecule has 1 atom stereocenters. The molecule has 0 unspecified atom stereocenters. The van der Waals surface area contributed by atoms with Crippen LogP contribution in [-0.4, -0.2) is 89.6 Å². The van der Waals surface area contributed by atoms with Gasteiger partial charge < -0.3 is 29.4 Å². The first-order valence-electron chi connectivity index (χ1n) is 19.9. The Bertz CT molecular complexity index is 1910. The van der Waals surface area contributed by atoms with Crippen molar-refractivity contribution in [1.82, 2.24) is 29.2 Å². The lowest BCUT2D eigenvalue weighted by molar-refractivity contribution is 0.0199. The van der Waals surface area contributed by atoms with Gasteiger partial charge in [0, 0.05) is 78.0 Å². The van der Waals surface area contributed by atoms with Crippen molar-refractivity contribution in [3.8, 4) is 23.2 Å². The molecular weight excluding hydrogens is 741 g/mol. The lowest BCUT2D eigenvalue weighted by Gasteiger charge is -2.36. The van der Waals surface area contributed by atoms with Crippen LogP contribution in [0.4, 0.5) is 22.1 Å². The fourth-order valence-electron chi connectivity index (χ4n) is 5.59. The zero-order valence-electron chi connectivity index (χ0n) is 36.1. The normalized spacial score (nSPS) is 14.9. The molecule has 1 aliphatic heterocycles. The standard InChI is InChI=1S/C41H66N8O5Si2/c1-30(19-23-53-56(12,13)41(5,6)7)44-34-26-36(43-27-32(34)15-14-31-17-21-48(22-18-31)39(51)54-40(2,3)4)45-35-16-20-42-37(46-35)33-28-49(47(8)38(33)50)29-52-24-25-55(9,10)11/h16,20,26-28,30-31H,17-19,21-25,29H2,1-13H3,(H2,42,43,44,45,46)/t30-/m0/s1. The summed E-state index contributed by atoms with van der Waals surface area (Å²) in [5.41, 5.74) is 1.28. The van der Waals surface area contributed by atoms with Crippen molar-refractivity contribution < 1.29 is 18.7 Å². The molecule has 0 spiro atoms. The maximum absolute atomic E-state index is 13.2. The van der Waals surface area contributed by atoms with Crippen molar-refractivity contribution in [1.29, 1.82) is 0 Å². The van der Waals surface area contributed by atoms with E-state index >= 15 is 0 Å². The maximum Gasteiger partial charge on any atom is 0.410 e. The van der Waals surface area contributed by atoms with Crippen LogP contribution >= 0.6 is 0 Å². The Hall–Kier alpha value is -3.98. The highest BCUT2D eigenvalue weighted by Crippen LogP contribution is 2.36. The van der Waals surface area contributed by atoms with E-state index in [4.69, 9.17) is 23.9 Å². The van der Waals surface area contributed by atoms with E-state index in [1.807, 2.05) is 26.8 Å². The number of nitrogens with zero attached hydrogens (tertiary/aromatic N) is 6. The van der Waals surface area contributed by atoms with Crippen LogP contribution in [0.15, 0.2) is 35.5 Å². The number of piperidine rings is 1. The summed E-state index contributed by atoms with van der Waals surface area (Å²) in [4.78, 5) is 41.4. The Morgan fingerprint density at radius 1 is 1.04 bits per heavy atom. The Morgan fingerprint density at radius 3 is 2.38 bits per heavy atom. The SMILES string of the molecule is C[C@@H](CCO[Si](C)(C)C(C)(C)C)Nc1cc(Nc2ccnc(-c3cn(COCC[Si](C)(C)C)n(C)c3=O)n2)ncc1C#CC1CCN(C(=O)OC(C)(C)C)CC1. The number of ether oxygens (including phenoxy) is 2. The predicted octanol–water partition coefficient (Wildman–Crippen LogP) is 8.31. The van der Waals surface area contributed by atoms with E-state index < -0.39 is 22.0 Å². The minimum absolute atomic E-state index is 0.0954. The summed E-state index contributed by atoms with van der Waals surface area (Å²) in [7, 11) is -1.38. The first-order chi connectivity index (χ1) is 26.0. The van der Waals surface area contributed by atoms with Gasteiger partial charge in [-0.3, -0.25) is 14.2 Å². The molecule has 1 saturated heterocycles. The van der Waals surface area contributed by atoms with Crippen LogP contribution in [0, 0.1) is 17.8 Å². The summed E-state index contributed by atoms with van der Waals surface area (Å²) >= 11 is 0. The van der Waals surface area contributed by atoms with E-state index in [1.165, 1.54) is 4.68 Å². The van der Waals surface area contributed by atoms with Crippen molar-refractivity contribution in [3.05, 3.63) is 46.6 Å². The van der Waals surface area contributed by atoms with Gasteiger partial charge in [-0.25, -0.2) is 19.7 Å². The lowest BCUT2D eigenvalue weighted by Crippen LogP contribution is -2.41. The number of likely N-dealkylation sites (tertiary alicyclic amines) is 1. The molecule has 0 aromatic carbocycles. The molecule has 0 bridgehead atoms. The van der Waals surface area contributed by atoms with Gasteiger partial charge in [0.2, 0.25) is 0 Å². The molecule has 3 aromatic rings. The van der Waals surface area contributed by atoms with Crippen molar-refractivity contribution in [2.24, 2.45) is 13.0 Å². The van der Waals surface area contributed by atoms with Gasteiger partial charge in [0.15, 0.2) is 14.1 Å². The van der Waals surface area contributed by atoms with Gasteiger partial charge in [0.1, 0.15) is 29.5 Å². The molecule has 1 aliphatic rings. The molecule has 4 heterocycles. The number of hydrogen-bond acceptors (Lipinski definition) is 10. The summed E-state index contributed by atoms with van der Waals surface area (Å²) in [6.45, 7) is 28.8. The summed E-state index contributed by atoms with van der Waals surface area (Å²) in [6.07, 6.45) is 7.23. The van der Waals surface area contributed by atoms with Crippen molar-refractivity contribution in [3.63, 3.8) is 0 Å². The molecule has 0 aliphatic carbocycles. The molecule has 0 radical (unpaired) electrons. The molecule has 1 fully saturated rings. The van der Waals surface area contributed by atoms with E-state index in [0.29, 0.717) is 49.3 Å².